The zero-order valence-corrected chi connectivity index (χ0v) is 19.9. The number of anilines is 3. The number of halogens is 2. The number of hydrogen-bond acceptors (Lipinski definition) is 7. The number of β-amino-alcohol motifs (C(OH)–C–C–N with tert-alkyl or cyclic N) is 1. The minimum Gasteiger partial charge on any atom is -0.395 e. The normalized spacial score (nSPS) is 15.8. The zero-order chi connectivity index (χ0) is 22.9. The maximum absolute atomic E-state index is 13.1. The molecule has 0 aliphatic carbocycles. The number of nitrogens with one attached hydrogen (secondary N) is 1. The first-order chi connectivity index (χ1) is 16.0. The molecular weight excluding hydrogens is 481 g/mol. The Morgan fingerprint density at radius 2 is 1.97 bits per heavy atom. The number of benzene rings is 2. The lowest BCUT2D eigenvalue weighted by atomic mass is 9.99. The van der Waals surface area contributed by atoms with Crippen molar-refractivity contribution in [2.45, 2.75) is 18.0 Å². The summed E-state index contributed by atoms with van der Waals surface area (Å²) < 4.78 is 0. The SMILES string of the molecule is O=C1c2cnc(Nc3ccc4c(c3)CCN(CCO)C4)nc2SCN1c1c(Cl)cccc1Cl. The Morgan fingerprint density at radius 3 is 2.76 bits per heavy atom. The quantitative estimate of drug-likeness (QED) is 0.494. The Hall–Kier alpha value is -2.36. The van der Waals surface area contributed by atoms with Crippen molar-refractivity contribution in [1.82, 2.24) is 14.9 Å². The van der Waals surface area contributed by atoms with E-state index in [4.69, 9.17) is 28.3 Å². The van der Waals surface area contributed by atoms with Crippen molar-refractivity contribution < 1.29 is 9.90 Å². The first kappa shape index (κ1) is 22.4. The topological polar surface area (TPSA) is 81.6 Å². The number of aliphatic hydroxyl groups is 1. The third-order valence-corrected chi connectivity index (χ3v) is 7.32. The summed E-state index contributed by atoms with van der Waals surface area (Å²) in [6, 6.07) is 11.4. The molecule has 0 saturated carbocycles. The van der Waals surface area contributed by atoms with Crippen molar-refractivity contribution in [2.24, 2.45) is 0 Å². The van der Waals surface area contributed by atoms with E-state index in [1.54, 1.807) is 29.3 Å². The molecule has 10 heteroatoms. The van der Waals surface area contributed by atoms with Gasteiger partial charge in [0.25, 0.3) is 5.91 Å². The predicted molar refractivity (Wildman–Crippen MR) is 132 cm³/mol. The Balaban J connectivity index is 1.34. The summed E-state index contributed by atoms with van der Waals surface area (Å²) in [6.45, 7) is 2.64. The second kappa shape index (κ2) is 9.48. The summed E-state index contributed by atoms with van der Waals surface area (Å²) in [7, 11) is 0. The van der Waals surface area contributed by atoms with Crippen LogP contribution in [0.1, 0.15) is 21.5 Å². The van der Waals surface area contributed by atoms with E-state index in [1.807, 2.05) is 6.07 Å². The van der Waals surface area contributed by atoms with Crippen molar-refractivity contribution >= 4 is 58.2 Å². The van der Waals surface area contributed by atoms with Gasteiger partial charge in [-0.25, -0.2) is 9.97 Å². The second-order valence-corrected chi connectivity index (χ2v) is 9.60. The highest BCUT2D eigenvalue weighted by Crippen LogP contribution is 2.39. The molecule has 0 fully saturated rings. The van der Waals surface area contributed by atoms with Gasteiger partial charge in [-0.15, -0.1) is 0 Å². The first-order valence-corrected chi connectivity index (χ1v) is 12.3. The van der Waals surface area contributed by atoms with Crippen LogP contribution in [0.5, 0.6) is 0 Å². The number of aromatic nitrogens is 2. The Morgan fingerprint density at radius 1 is 1.15 bits per heavy atom. The number of para-hydroxylation sites is 1. The molecule has 2 aromatic carbocycles. The molecule has 1 aromatic heterocycles. The number of rotatable bonds is 5. The number of hydrogen-bond donors (Lipinski definition) is 2. The number of fused-ring (bicyclic) bond motifs is 2. The molecule has 3 aromatic rings. The predicted octanol–water partition coefficient (Wildman–Crippen LogP) is 4.59. The molecule has 2 aliphatic heterocycles. The van der Waals surface area contributed by atoms with Crippen LogP contribution in [0.2, 0.25) is 10.0 Å². The molecule has 33 heavy (non-hydrogen) atoms. The van der Waals surface area contributed by atoms with E-state index in [0.717, 1.165) is 25.2 Å². The van der Waals surface area contributed by atoms with Crippen LogP contribution < -0.4 is 10.2 Å². The molecule has 3 heterocycles. The van der Waals surface area contributed by atoms with E-state index in [2.05, 4.69) is 32.3 Å². The molecule has 1 amide bonds. The highest BCUT2D eigenvalue weighted by atomic mass is 35.5. The third kappa shape index (κ3) is 4.54. The van der Waals surface area contributed by atoms with Crippen molar-refractivity contribution in [3.05, 3.63) is 69.3 Å². The van der Waals surface area contributed by atoms with Gasteiger partial charge in [0.05, 0.1) is 33.8 Å². The van der Waals surface area contributed by atoms with Gasteiger partial charge in [0.1, 0.15) is 5.03 Å². The molecule has 0 unspecified atom stereocenters. The maximum atomic E-state index is 13.1. The van der Waals surface area contributed by atoms with Gasteiger partial charge in [-0.05, 0) is 41.8 Å². The molecule has 7 nitrogen and oxygen atoms in total. The van der Waals surface area contributed by atoms with E-state index in [0.29, 0.717) is 44.7 Å². The van der Waals surface area contributed by atoms with Crippen LogP contribution in [-0.2, 0) is 13.0 Å². The van der Waals surface area contributed by atoms with E-state index in [9.17, 15) is 4.79 Å². The fourth-order valence-corrected chi connectivity index (χ4v) is 5.62. The molecule has 2 aliphatic rings. The molecule has 5 rings (SSSR count). The van der Waals surface area contributed by atoms with Crippen molar-refractivity contribution in [2.75, 3.05) is 35.8 Å². The number of aliphatic hydroxyl groups excluding tert-OH is 1. The van der Waals surface area contributed by atoms with Gasteiger partial charge in [-0.3, -0.25) is 14.6 Å². The molecule has 2 N–H and O–H groups in total. The lowest BCUT2D eigenvalue weighted by Crippen LogP contribution is -2.35. The van der Waals surface area contributed by atoms with Crippen LogP contribution >= 0.6 is 35.0 Å². The second-order valence-electron chi connectivity index (χ2n) is 7.85. The molecule has 0 spiro atoms. The lowest BCUT2D eigenvalue weighted by Gasteiger charge is -2.29. The Kier molecular flexibility index (Phi) is 6.44. The molecule has 0 atom stereocenters. The molecule has 170 valence electrons. The fourth-order valence-electron chi connectivity index (χ4n) is 4.08. The summed E-state index contributed by atoms with van der Waals surface area (Å²) in [5, 5.41) is 13.9. The average Bonchev–Trinajstić information content (AvgIpc) is 2.81. The van der Waals surface area contributed by atoms with Crippen LogP contribution in [0.15, 0.2) is 47.6 Å². The van der Waals surface area contributed by atoms with Crippen molar-refractivity contribution in [3.8, 4) is 0 Å². The van der Waals surface area contributed by atoms with Crippen LogP contribution in [0.25, 0.3) is 0 Å². The average molecular weight is 502 g/mol. The van der Waals surface area contributed by atoms with Gasteiger partial charge in [-0.2, -0.15) is 0 Å². The summed E-state index contributed by atoms with van der Waals surface area (Å²) in [5.74, 6) is 0.567. The maximum Gasteiger partial charge on any atom is 0.263 e. The molecule has 0 saturated heterocycles. The van der Waals surface area contributed by atoms with Crippen molar-refractivity contribution in [1.29, 1.82) is 0 Å². The van der Waals surface area contributed by atoms with E-state index in [1.165, 1.54) is 22.9 Å². The summed E-state index contributed by atoms with van der Waals surface area (Å²) >= 11 is 14.0. The van der Waals surface area contributed by atoms with Gasteiger partial charge in [0, 0.05) is 31.5 Å². The van der Waals surface area contributed by atoms with Crippen molar-refractivity contribution in [3.63, 3.8) is 0 Å². The van der Waals surface area contributed by atoms with Gasteiger partial charge < -0.3 is 10.4 Å². The largest absolute Gasteiger partial charge is 0.395 e. The number of thioether (sulfide) groups is 1. The summed E-state index contributed by atoms with van der Waals surface area (Å²) in [5.41, 5.74) is 4.37. The number of amides is 1. The first-order valence-electron chi connectivity index (χ1n) is 10.5. The molecule has 0 bridgehead atoms. The van der Waals surface area contributed by atoms with Gasteiger partial charge in [-0.1, -0.05) is 47.1 Å². The third-order valence-electron chi connectivity index (χ3n) is 5.74. The zero-order valence-electron chi connectivity index (χ0n) is 17.6. The number of carbonyl (C=O) groups is 1. The summed E-state index contributed by atoms with van der Waals surface area (Å²) in [6.07, 6.45) is 2.47. The minimum absolute atomic E-state index is 0.175. The monoisotopic (exact) mass is 501 g/mol. The molecular formula is C23H21Cl2N5O2S. The van der Waals surface area contributed by atoms with E-state index < -0.39 is 0 Å². The molecule has 0 radical (unpaired) electrons. The van der Waals surface area contributed by atoms with Crippen LogP contribution in [0.4, 0.5) is 17.3 Å². The smallest absolute Gasteiger partial charge is 0.263 e. The fraction of sp³-hybridized carbons (Fsp3) is 0.261. The number of carbonyl (C=O) groups excluding carboxylic acids is 1. The van der Waals surface area contributed by atoms with E-state index >= 15 is 0 Å². The Bertz CT molecular complexity index is 1210. The van der Waals surface area contributed by atoms with E-state index in [-0.39, 0.29) is 12.5 Å². The summed E-state index contributed by atoms with van der Waals surface area (Å²) in [4.78, 5) is 25.8. The lowest BCUT2D eigenvalue weighted by molar-refractivity contribution is 0.0985. The Labute approximate surface area is 205 Å². The van der Waals surface area contributed by atoms with Crippen LogP contribution in [0, 0.1) is 0 Å². The highest BCUT2D eigenvalue weighted by molar-refractivity contribution is 7.99. The standard InChI is InChI=1S/C23H21Cl2N5O2S/c24-18-2-1-3-19(25)20(18)30-13-33-21-17(22(30)32)11-26-23(28-21)27-16-5-4-15-12-29(8-9-31)7-6-14(15)10-16/h1-5,10-11,31H,6-9,12-13H2,(H,26,27,28). The van der Waals surface area contributed by atoms with Crippen LogP contribution in [0.3, 0.4) is 0 Å². The van der Waals surface area contributed by atoms with Crippen LogP contribution in [-0.4, -0.2) is 51.5 Å². The minimum atomic E-state index is -0.230. The number of nitrogens with zero attached hydrogens (tertiary/aromatic N) is 4. The van der Waals surface area contributed by atoms with Gasteiger partial charge in [0.2, 0.25) is 5.95 Å². The highest BCUT2D eigenvalue weighted by Gasteiger charge is 2.30. The van der Waals surface area contributed by atoms with Gasteiger partial charge >= 0.3 is 0 Å². The van der Waals surface area contributed by atoms with Gasteiger partial charge in [0.15, 0.2) is 0 Å².